The van der Waals surface area contributed by atoms with E-state index in [-0.39, 0.29) is 24.0 Å². The molecule has 0 amide bonds. The van der Waals surface area contributed by atoms with E-state index in [9.17, 15) is 13.2 Å². The van der Waals surface area contributed by atoms with E-state index < -0.39 is 11.7 Å². The minimum Gasteiger partial charge on any atom is -0.356 e. The van der Waals surface area contributed by atoms with E-state index in [1.807, 2.05) is 19.3 Å². The second-order valence-electron chi connectivity index (χ2n) is 7.81. The standard InChI is InChI=1S/C22H31F3N6.HI/c1-18-27-10-12-30(18)11-4-3-9-28-21(26-2)31-15-13-29(14-16-31)17-19-5-7-20(8-6-19)22(23,24)25;/h5-8,10,12H,3-4,9,11,13-17H2,1-2H3,(H,26,28);1H. The Morgan fingerprint density at radius 1 is 1.09 bits per heavy atom. The molecule has 10 heteroatoms. The number of aryl methyl sites for hydroxylation is 2. The highest BCUT2D eigenvalue weighted by Gasteiger charge is 2.30. The van der Waals surface area contributed by atoms with Gasteiger partial charge in [0.1, 0.15) is 5.82 Å². The van der Waals surface area contributed by atoms with Crippen molar-refractivity contribution in [3.63, 3.8) is 0 Å². The van der Waals surface area contributed by atoms with E-state index in [1.54, 1.807) is 19.2 Å². The minimum absolute atomic E-state index is 0. The number of nitrogens with zero attached hydrogens (tertiary/aromatic N) is 5. The van der Waals surface area contributed by atoms with Gasteiger partial charge >= 0.3 is 6.18 Å². The number of imidazole rings is 1. The van der Waals surface area contributed by atoms with E-state index in [1.165, 1.54) is 0 Å². The summed E-state index contributed by atoms with van der Waals surface area (Å²) in [6.45, 7) is 7.89. The first-order valence-corrected chi connectivity index (χ1v) is 10.7. The predicted octanol–water partition coefficient (Wildman–Crippen LogP) is 4.00. The Hall–Kier alpha value is -1.82. The van der Waals surface area contributed by atoms with Crippen molar-refractivity contribution in [3.8, 4) is 0 Å². The number of benzene rings is 1. The third-order valence-corrected chi connectivity index (χ3v) is 5.60. The molecule has 0 aliphatic carbocycles. The van der Waals surface area contributed by atoms with E-state index in [2.05, 4.69) is 29.7 Å². The smallest absolute Gasteiger partial charge is 0.356 e. The molecule has 0 bridgehead atoms. The summed E-state index contributed by atoms with van der Waals surface area (Å²) in [5, 5.41) is 3.44. The molecule has 6 nitrogen and oxygen atoms in total. The number of halogens is 4. The average molecular weight is 564 g/mol. The van der Waals surface area contributed by atoms with Crippen LogP contribution in [0.1, 0.15) is 29.8 Å². The fourth-order valence-electron chi connectivity index (χ4n) is 3.75. The summed E-state index contributed by atoms with van der Waals surface area (Å²) in [5.74, 6) is 1.95. The molecule has 0 radical (unpaired) electrons. The number of unbranched alkanes of at least 4 members (excludes halogenated alkanes) is 1. The number of piperazine rings is 1. The van der Waals surface area contributed by atoms with Crippen LogP contribution in [0.5, 0.6) is 0 Å². The maximum absolute atomic E-state index is 12.7. The quantitative estimate of drug-likeness (QED) is 0.239. The molecule has 0 saturated carbocycles. The second kappa shape index (κ2) is 12.4. The Balaban J connectivity index is 0.00000363. The molecule has 0 unspecified atom stereocenters. The monoisotopic (exact) mass is 564 g/mol. The van der Waals surface area contributed by atoms with Gasteiger partial charge in [0.15, 0.2) is 5.96 Å². The fourth-order valence-corrected chi connectivity index (χ4v) is 3.75. The van der Waals surface area contributed by atoms with Crippen LogP contribution in [0.3, 0.4) is 0 Å². The van der Waals surface area contributed by atoms with Gasteiger partial charge in [0.2, 0.25) is 0 Å². The number of aliphatic imine (C=N–C) groups is 1. The number of nitrogens with one attached hydrogen (secondary N) is 1. The molecular weight excluding hydrogens is 532 g/mol. The van der Waals surface area contributed by atoms with Crippen LogP contribution in [0.15, 0.2) is 41.7 Å². The van der Waals surface area contributed by atoms with Gasteiger partial charge in [0, 0.05) is 65.3 Å². The van der Waals surface area contributed by atoms with Gasteiger partial charge < -0.3 is 14.8 Å². The number of hydrogen-bond donors (Lipinski definition) is 1. The first kappa shape index (κ1) is 26.4. The lowest BCUT2D eigenvalue weighted by molar-refractivity contribution is -0.137. The number of aromatic nitrogens is 2. The Morgan fingerprint density at radius 3 is 2.34 bits per heavy atom. The maximum atomic E-state index is 12.7. The van der Waals surface area contributed by atoms with Crippen LogP contribution >= 0.6 is 24.0 Å². The molecule has 1 aliphatic heterocycles. The minimum atomic E-state index is -4.29. The zero-order valence-electron chi connectivity index (χ0n) is 18.6. The topological polar surface area (TPSA) is 48.7 Å². The van der Waals surface area contributed by atoms with Gasteiger partial charge in [0.25, 0.3) is 0 Å². The highest BCUT2D eigenvalue weighted by molar-refractivity contribution is 14.0. The number of hydrogen-bond acceptors (Lipinski definition) is 3. The first-order chi connectivity index (χ1) is 14.9. The first-order valence-electron chi connectivity index (χ1n) is 10.7. The van der Waals surface area contributed by atoms with Crippen LogP contribution < -0.4 is 5.32 Å². The van der Waals surface area contributed by atoms with Crippen LogP contribution in [0, 0.1) is 6.92 Å². The van der Waals surface area contributed by atoms with Crippen molar-refractivity contribution in [2.45, 2.75) is 39.0 Å². The Morgan fingerprint density at radius 2 is 1.78 bits per heavy atom. The molecule has 1 aromatic heterocycles. The van der Waals surface area contributed by atoms with Gasteiger partial charge in [0.05, 0.1) is 5.56 Å². The van der Waals surface area contributed by atoms with E-state index in [0.29, 0.717) is 6.54 Å². The van der Waals surface area contributed by atoms with Crippen molar-refractivity contribution < 1.29 is 13.2 Å². The second-order valence-corrected chi connectivity index (χ2v) is 7.81. The zero-order chi connectivity index (χ0) is 22.3. The van der Waals surface area contributed by atoms with Gasteiger partial charge in [-0.3, -0.25) is 9.89 Å². The molecule has 3 rings (SSSR count). The van der Waals surface area contributed by atoms with Crippen molar-refractivity contribution in [3.05, 3.63) is 53.6 Å². The van der Waals surface area contributed by atoms with Crippen molar-refractivity contribution in [1.82, 2.24) is 24.7 Å². The molecule has 1 saturated heterocycles. The van der Waals surface area contributed by atoms with Crippen LogP contribution in [0.25, 0.3) is 0 Å². The Labute approximate surface area is 204 Å². The van der Waals surface area contributed by atoms with Crippen LogP contribution in [0.2, 0.25) is 0 Å². The summed E-state index contributed by atoms with van der Waals surface area (Å²) < 4.78 is 40.3. The van der Waals surface area contributed by atoms with Gasteiger partial charge in [-0.15, -0.1) is 24.0 Å². The summed E-state index contributed by atoms with van der Waals surface area (Å²) in [6, 6.07) is 5.46. The van der Waals surface area contributed by atoms with Crippen LogP contribution in [0.4, 0.5) is 13.2 Å². The van der Waals surface area contributed by atoms with Crippen molar-refractivity contribution in [2.24, 2.45) is 4.99 Å². The maximum Gasteiger partial charge on any atom is 0.416 e. The molecule has 32 heavy (non-hydrogen) atoms. The summed E-state index contributed by atoms with van der Waals surface area (Å²) in [7, 11) is 1.80. The third-order valence-electron chi connectivity index (χ3n) is 5.60. The molecule has 2 heterocycles. The molecular formula is C22H32F3IN6. The van der Waals surface area contributed by atoms with Gasteiger partial charge in [-0.1, -0.05) is 12.1 Å². The van der Waals surface area contributed by atoms with Crippen molar-refractivity contribution in [1.29, 1.82) is 0 Å². The molecule has 1 aliphatic rings. The number of rotatable bonds is 7. The van der Waals surface area contributed by atoms with Gasteiger partial charge in [-0.25, -0.2) is 4.98 Å². The van der Waals surface area contributed by atoms with E-state index in [0.717, 1.165) is 81.6 Å². The highest BCUT2D eigenvalue weighted by atomic mass is 127. The molecule has 0 atom stereocenters. The summed E-state index contributed by atoms with van der Waals surface area (Å²) in [6.07, 6.45) is 1.66. The molecule has 1 N–H and O–H groups in total. The van der Waals surface area contributed by atoms with E-state index in [4.69, 9.17) is 0 Å². The van der Waals surface area contributed by atoms with Crippen LogP contribution in [-0.2, 0) is 19.3 Å². The van der Waals surface area contributed by atoms with Gasteiger partial charge in [-0.2, -0.15) is 13.2 Å². The Bertz CT molecular complexity index is 842. The molecule has 1 aromatic carbocycles. The zero-order valence-corrected chi connectivity index (χ0v) is 20.9. The molecule has 1 fully saturated rings. The Kier molecular flexibility index (Phi) is 10.3. The highest BCUT2D eigenvalue weighted by Crippen LogP contribution is 2.29. The van der Waals surface area contributed by atoms with Crippen LogP contribution in [-0.4, -0.2) is 65.1 Å². The molecule has 2 aromatic rings. The average Bonchev–Trinajstić information content (AvgIpc) is 3.16. The number of guanidine groups is 1. The largest absolute Gasteiger partial charge is 0.416 e. The lowest BCUT2D eigenvalue weighted by atomic mass is 10.1. The summed E-state index contributed by atoms with van der Waals surface area (Å²) in [5.41, 5.74) is 0.299. The summed E-state index contributed by atoms with van der Waals surface area (Å²) in [4.78, 5) is 13.1. The lowest BCUT2D eigenvalue weighted by Crippen LogP contribution is -2.52. The molecule has 0 spiro atoms. The van der Waals surface area contributed by atoms with Crippen molar-refractivity contribution in [2.75, 3.05) is 39.8 Å². The normalized spacial score (nSPS) is 15.5. The lowest BCUT2D eigenvalue weighted by Gasteiger charge is -2.36. The predicted molar refractivity (Wildman–Crippen MR) is 131 cm³/mol. The number of alkyl halides is 3. The summed E-state index contributed by atoms with van der Waals surface area (Å²) >= 11 is 0. The fraction of sp³-hybridized carbons (Fsp3) is 0.545. The van der Waals surface area contributed by atoms with Crippen molar-refractivity contribution >= 4 is 29.9 Å². The van der Waals surface area contributed by atoms with Gasteiger partial charge in [-0.05, 0) is 37.5 Å². The SMILES string of the molecule is CN=C(NCCCCn1ccnc1C)N1CCN(Cc2ccc(C(F)(F)F)cc2)CC1.I. The third kappa shape index (κ3) is 7.65. The van der Waals surface area contributed by atoms with E-state index >= 15 is 0 Å². The molecule has 178 valence electrons.